The second kappa shape index (κ2) is 20.0. The molecule has 0 saturated carbocycles. The van der Waals surface area contributed by atoms with Crippen LogP contribution < -0.4 is 11.2 Å². The van der Waals surface area contributed by atoms with Crippen LogP contribution in [0.3, 0.4) is 0 Å². The van der Waals surface area contributed by atoms with Gasteiger partial charge in [-0.3, -0.25) is 14.3 Å². The van der Waals surface area contributed by atoms with Gasteiger partial charge in [0.1, 0.15) is 25.5 Å². The Balaban J connectivity index is 1.42. The molecule has 1 fully saturated rings. The predicted octanol–water partition coefficient (Wildman–Crippen LogP) is 1.69. The summed E-state index contributed by atoms with van der Waals surface area (Å²) < 4.78 is 28.8. The van der Waals surface area contributed by atoms with Gasteiger partial charge in [0.25, 0.3) is 5.56 Å². The summed E-state index contributed by atoms with van der Waals surface area (Å²) in [6.07, 6.45) is 10.1. The molecule has 1 aliphatic rings. The van der Waals surface area contributed by atoms with Crippen molar-refractivity contribution >= 4 is 6.16 Å². The third-order valence-electron chi connectivity index (χ3n) is 7.18. The highest BCUT2D eigenvalue weighted by Crippen LogP contribution is 2.28. The summed E-state index contributed by atoms with van der Waals surface area (Å²) >= 11 is 0. The lowest BCUT2D eigenvalue weighted by Gasteiger charge is -2.16. The maximum absolute atomic E-state index is 12.6. The molecule has 44 heavy (non-hydrogen) atoms. The molecule has 0 amide bonds. The maximum Gasteiger partial charge on any atom is 0.508 e. The van der Waals surface area contributed by atoms with Crippen molar-refractivity contribution in [2.45, 2.75) is 96.1 Å². The molecule has 15 heteroatoms. The van der Waals surface area contributed by atoms with Gasteiger partial charge in [0.2, 0.25) is 0 Å². The minimum Gasteiger partial charge on any atom is -0.432 e. The molecule has 0 spiro atoms. The number of H-pyrrole nitrogens is 1. The zero-order chi connectivity index (χ0) is 31.6. The lowest BCUT2D eigenvalue weighted by molar-refractivity contribution is -0.0611. The van der Waals surface area contributed by atoms with Crippen LogP contribution in [0.5, 0.6) is 0 Å². The van der Waals surface area contributed by atoms with Gasteiger partial charge in [-0.05, 0) is 12.8 Å². The van der Waals surface area contributed by atoms with Gasteiger partial charge in [-0.15, -0.1) is 5.10 Å². The molecule has 2 aromatic rings. The molecule has 1 aliphatic heterocycles. The lowest BCUT2D eigenvalue weighted by atomic mass is 10.1. The monoisotopic (exact) mass is 625 g/mol. The fraction of sp³-hybridized carbons (Fsp3) is 0.759. The summed E-state index contributed by atoms with van der Waals surface area (Å²) in [6.45, 7) is 2.87. The fourth-order valence-electron chi connectivity index (χ4n) is 4.80. The average Bonchev–Trinajstić information content (AvgIpc) is 3.61. The Hall–Kier alpha value is -3.11. The first-order valence-electron chi connectivity index (χ1n) is 15.5. The second-order valence-corrected chi connectivity index (χ2v) is 10.7. The van der Waals surface area contributed by atoms with Gasteiger partial charge in [-0.25, -0.2) is 14.3 Å². The molecule has 3 heterocycles. The number of nitrogens with one attached hydrogen (secondary N) is 1. The Morgan fingerprint density at radius 1 is 1.00 bits per heavy atom. The van der Waals surface area contributed by atoms with Gasteiger partial charge in [-0.2, -0.15) is 0 Å². The first-order valence-corrected chi connectivity index (χ1v) is 15.5. The molecule has 0 unspecified atom stereocenters. The zero-order valence-electron chi connectivity index (χ0n) is 25.6. The molecule has 3 atom stereocenters. The Morgan fingerprint density at radius 3 is 2.45 bits per heavy atom. The van der Waals surface area contributed by atoms with E-state index in [0.29, 0.717) is 6.61 Å². The molecule has 0 aromatic carbocycles. The third kappa shape index (κ3) is 12.5. The van der Waals surface area contributed by atoms with Gasteiger partial charge in [0.05, 0.1) is 56.9 Å². The number of carbonyl (C=O) groups excluding carboxylic acids is 1. The Bertz CT molecular complexity index is 1220. The summed E-state index contributed by atoms with van der Waals surface area (Å²) in [6, 6.07) is 0. The van der Waals surface area contributed by atoms with Gasteiger partial charge in [0.15, 0.2) is 0 Å². The van der Waals surface area contributed by atoms with Gasteiger partial charge >= 0.3 is 11.8 Å². The highest BCUT2D eigenvalue weighted by atomic mass is 16.7. The van der Waals surface area contributed by atoms with Crippen LogP contribution in [0, 0.1) is 0 Å². The number of carbonyl (C=O) groups is 1. The van der Waals surface area contributed by atoms with Crippen molar-refractivity contribution in [3.8, 4) is 0 Å². The van der Waals surface area contributed by atoms with Crippen molar-refractivity contribution in [1.82, 2.24) is 24.5 Å². The molecule has 1 saturated heterocycles. The first kappa shape index (κ1) is 35.4. The van der Waals surface area contributed by atoms with E-state index in [2.05, 4.69) is 22.2 Å². The van der Waals surface area contributed by atoms with Crippen molar-refractivity contribution in [3.63, 3.8) is 0 Å². The van der Waals surface area contributed by atoms with Crippen LogP contribution in [-0.4, -0.2) is 99.4 Å². The summed E-state index contributed by atoms with van der Waals surface area (Å²) in [5, 5.41) is 27.4. The number of unbranched alkanes of at least 4 members (excludes halogenated alkanes) is 7. The zero-order valence-corrected chi connectivity index (χ0v) is 25.6. The van der Waals surface area contributed by atoms with Crippen molar-refractivity contribution in [2.24, 2.45) is 0 Å². The topological polar surface area (TPSA) is 189 Å². The molecule has 0 radical (unpaired) electrons. The molecular formula is C29H47N5O10. The molecule has 3 N–H and O–H groups in total. The van der Waals surface area contributed by atoms with Crippen LogP contribution in [0.25, 0.3) is 0 Å². The maximum atomic E-state index is 12.6. The number of aliphatic hydroxyl groups is 2. The minimum atomic E-state index is -1.02. The van der Waals surface area contributed by atoms with Crippen molar-refractivity contribution < 1.29 is 38.7 Å². The highest BCUT2D eigenvalue weighted by molar-refractivity contribution is 5.59. The summed E-state index contributed by atoms with van der Waals surface area (Å²) in [4.78, 5) is 39.3. The van der Waals surface area contributed by atoms with E-state index in [9.17, 15) is 19.5 Å². The van der Waals surface area contributed by atoms with Crippen LogP contribution in [0.15, 0.2) is 22.0 Å². The minimum absolute atomic E-state index is 0.0441. The lowest BCUT2D eigenvalue weighted by Crippen LogP contribution is -2.35. The molecule has 3 rings (SSSR count). The van der Waals surface area contributed by atoms with Crippen LogP contribution in [0.4, 0.5) is 4.79 Å². The van der Waals surface area contributed by atoms with E-state index in [1.165, 1.54) is 49.3 Å². The number of aliphatic hydroxyl groups excluding tert-OH is 2. The number of ether oxygens (including phenoxy) is 5. The van der Waals surface area contributed by atoms with Crippen LogP contribution in [0.1, 0.15) is 82.2 Å². The number of aromatic nitrogens is 5. The number of hydrogen-bond acceptors (Lipinski definition) is 12. The molecule has 0 aliphatic carbocycles. The van der Waals surface area contributed by atoms with E-state index in [0.717, 1.165) is 25.0 Å². The summed E-state index contributed by atoms with van der Waals surface area (Å²) in [5.41, 5.74) is -0.112. The van der Waals surface area contributed by atoms with E-state index in [1.54, 1.807) is 10.9 Å². The smallest absolute Gasteiger partial charge is 0.432 e. The van der Waals surface area contributed by atoms with E-state index >= 15 is 0 Å². The molecular weight excluding hydrogens is 578 g/mol. The third-order valence-corrected chi connectivity index (χ3v) is 7.18. The number of hydrogen-bond donors (Lipinski definition) is 3. The quantitative estimate of drug-likeness (QED) is 0.127. The predicted molar refractivity (Wildman–Crippen MR) is 157 cm³/mol. The number of rotatable bonds is 22. The van der Waals surface area contributed by atoms with Gasteiger partial charge in [-0.1, -0.05) is 57.1 Å². The van der Waals surface area contributed by atoms with E-state index in [-0.39, 0.29) is 58.2 Å². The second-order valence-electron chi connectivity index (χ2n) is 10.7. The first-order chi connectivity index (χ1) is 21.4. The normalized spacial score (nSPS) is 18.1. The molecule has 2 aromatic heterocycles. The van der Waals surface area contributed by atoms with Crippen LogP contribution in [0.2, 0.25) is 0 Å². The number of aryl methyl sites for hydroxylation is 1. The average molecular weight is 626 g/mol. The Kier molecular flexibility index (Phi) is 16.1. The van der Waals surface area contributed by atoms with E-state index in [4.69, 9.17) is 28.8 Å². The molecule has 0 bridgehead atoms. The van der Waals surface area contributed by atoms with Crippen molar-refractivity contribution in [3.05, 3.63) is 44.5 Å². The van der Waals surface area contributed by atoms with E-state index < -0.39 is 35.8 Å². The number of aromatic amines is 1. The van der Waals surface area contributed by atoms with Crippen LogP contribution in [-0.2, 0) is 36.6 Å². The largest absolute Gasteiger partial charge is 0.508 e. The fourth-order valence-corrected chi connectivity index (χ4v) is 4.80. The van der Waals surface area contributed by atoms with Gasteiger partial charge < -0.3 is 33.9 Å². The SMILES string of the molecule is CCCCCCCCCCc1cn(Cc2cn([C@H]3C[C@H](O)[C@@H](COC(=O)OCCOCCOCCO)O3)c(=O)[nH]c2=O)nn1. The molecule has 15 nitrogen and oxygen atoms in total. The van der Waals surface area contributed by atoms with Crippen molar-refractivity contribution in [2.75, 3.05) is 46.2 Å². The van der Waals surface area contributed by atoms with Gasteiger partial charge in [0, 0.05) is 18.8 Å². The van der Waals surface area contributed by atoms with E-state index in [1.807, 2.05) is 0 Å². The Labute approximate surface area is 256 Å². The Morgan fingerprint density at radius 2 is 1.70 bits per heavy atom. The summed E-state index contributed by atoms with van der Waals surface area (Å²) in [5.74, 6) is 0. The van der Waals surface area contributed by atoms with Crippen LogP contribution >= 0.6 is 0 Å². The highest BCUT2D eigenvalue weighted by Gasteiger charge is 2.36. The van der Waals surface area contributed by atoms with Crippen molar-refractivity contribution in [1.29, 1.82) is 0 Å². The summed E-state index contributed by atoms with van der Waals surface area (Å²) in [7, 11) is 0. The number of nitrogens with zero attached hydrogens (tertiary/aromatic N) is 4. The standard InChI is InChI=1S/C29H47N5O10/c1-2-3-4-5-6-7-8-9-10-23-20-33(32-31-23)18-22-19-34(28(38)30-27(22)37)26-17-24(36)25(44-26)21-43-29(39)42-16-15-41-14-13-40-12-11-35/h19-20,24-26,35-36H,2-18,21H2,1H3,(H,30,37,38)/t24-,25+,26+/m0/s1. The molecule has 248 valence electrons.